The molecule has 5 nitrogen and oxygen atoms in total. The summed E-state index contributed by atoms with van der Waals surface area (Å²) in [5.74, 6) is 0.986. The van der Waals surface area contributed by atoms with Crippen molar-refractivity contribution in [2.24, 2.45) is 0 Å². The minimum absolute atomic E-state index is 0.0375. The number of rotatable bonds is 7. The van der Waals surface area contributed by atoms with Gasteiger partial charge in [-0.2, -0.15) is 0 Å². The number of hydrogen-bond acceptors (Lipinski definition) is 4. The van der Waals surface area contributed by atoms with Gasteiger partial charge >= 0.3 is 0 Å². The van der Waals surface area contributed by atoms with Crippen molar-refractivity contribution in [1.82, 2.24) is 20.1 Å². The Kier molecular flexibility index (Phi) is 6.25. The zero-order valence-corrected chi connectivity index (χ0v) is 17.5. The second-order valence-corrected chi connectivity index (χ2v) is 7.84. The predicted molar refractivity (Wildman–Crippen MR) is 121 cm³/mol. The minimum Gasteiger partial charge on any atom is -0.351 e. The van der Waals surface area contributed by atoms with Gasteiger partial charge in [0.2, 0.25) is 5.91 Å². The maximum Gasteiger partial charge on any atom is 0.230 e. The molecular weight excluding hydrogens is 392 g/mol. The van der Waals surface area contributed by atoms with Crippen molar-refractivity contribution in [1.29, 1.82) is 0 Å². The molecule has 30 heavy (non-hydrogen) atoms. The Morgan fingerprint density at radius 3 is 2.27 bits per heavy atom. The lowest BCUT2D eigenvalue weighted by atomic mass is 10.1. The first-order valence-corrected chi connectivity index (χ1v) is 10.7. The van der Waals surface area contributed by atoms with Gasteiger partial charge in [0.1, 0.15) is 0 Å². The number of carbonyl (C=O) groups excluding carboxylic acids is 1. The normalized spacial score (nSPS) is 10.7. The fourth-order valence-corrected chi connectivity index (χ4v) is 3.82. The number of benzene rings is 3. The Morgan fingerprint density at radius 2 is 1.57 bits per heavy atom. The first kappa shape index (κ1) is 19.9. The number of amides is 1. The van der Waals surface area contributed by atoms with Crippen LogP contribution in [0.1, 0.15) is 11.1 Å². The molecule has 1 aromatic heterocycles. The number of para-hydroxylation sites is 1. The van der Waals surface area contributed by atoms with E-state index in [2.05, 4.69) is 15.5 Å². The van der Waals surface area contributed by atoms with E-state index in [4.69, 9.17) is 0 Å². The Labute approximate surface area is 180 Å². The van der Waals surface area contributed by atoms with Gasteiger partial charge in [-0.25, -0.2) is 0 Å². The second-order valence-electron chi connectivity index (χ2n) is 6.89. The molecular formula is C24H22N4OS. The molecule has 0 bridgehead atoms. The van der Waals surface area contributed by atoms with Gasteiger partial charge in [-0.15, -0.1) is 10.2 Å². The highest BCUT2D eigenvalue weighted by Crippen LogP contribution is 2.27. The van der Waals surface area contributed by atoms with Gasteiger partial charge in [0.15, 0.2) is 11.0 Å². The molecule has 0 aliphatic carbocycles. The van der Waals surface area contributed by atoms with E-state index < -0.39 is 0 Å². The third kappa shape index (κ3) is 4.78. The number of aryl methyl sites for hydroxylation is 1. The lowest BCUT2D eigenvalue weighted by molar-refractivity contribution is -0.118. The van der Waals surface area contributed by atoms with E-state index >= 15 is 0 Å². The highest BCUT2D eigenvalue weighted by molar-refractivity contribution is 7.99. The molecule has 3 aromatic carbocycles. The summed E-state index contributed by atoms with van der Waals surface area (Å²) < 4.78 is 1.99. The van der Waals surface area contributed by atoms with Gasteiger partial charge in [0.25, 0.3) is 0 Å². The van der Waals surface area contributed by atoms with Crippen molar-refractivity contribution in [2.45, 2.75) is 18.6 Å². The first-order valence-electron chi connectivity index (χ1n) is 9.72. The molecule has 0 unspecified atom stereocenters. The minimum atomic E-state index is -0.0375. The van der Waals surface area contributed by atoms with Crippen LogP contribution >= 0.6 is 11.8 Å². The fourth-order valence-electron chi connectivity index (χ4n) is 3.04. The highest BCUT2D eigenvalue weighted by atomic mass is 32.2. The average molecular weight is 415 g/mol. The summed E-state index contributed by atoms with van der Waals surface area (Å²) in [6.45, 7) is 2.56. The fraction of sp³-hybridized carbons (Fsp3) is 0.125. The van der Waals surface area contributed by atoms with Gasteiger partial charge in [-0.3, -0.25) is 9.36 Å². The van der Waals surface area contributed by atoms with Gasteiger partial charge in [0, 0.05) is 17.8 Å². The van der Waals surface area contributed by atoms with Crippen molar-refractivity contribution in [3.05, 3.63) is 96.1 Å². The summed E-state index contributed by atoms with van der Waals surface area (Å²) >= 11 is 1.38. The van der Waals surface area contributed by atoms with Gasteiger partial charge in [0.05, 0.1) is 5.75 Å². The van der Waals surface area contributed by atoms with Crippen LogP contribution in [0.15, 0.2) is 90.1 Å². The summed E-state index contributed by atoms with van der Waals surface area (Å²) in [6.07, 6.45) is 0. The molecule has 0 saturated heterocycles. The average Bonchev–Trinajstić information content (AvgIpc) is 3.22. The summed E-state index contributed by atoms with van der Waals surface area (Å²) in [6, 6.07) is 28.0. The Hall–Kier alpha value is -3.38. The van der Waals surface area contributed by atoms with Crippen molar-refractivity contribution in [3.63, 3.8) is 0 Å². The van der Waals surface area contributed by atoms with E-state index in [0.717, 1.165) is 22.6 Å². The lowest BCUT2D eigenvalue weighted by Crippen LogP contribution is -2.24. The SMILES string of the molecule is Cc1ccc(CNC(=O)CSc2nnc(-c3ccccc3)n2-c2ccccc2)cc1. The summed E-state index contributed by atoms with van der Waals surface area (Å²) in [5, 5.41) is 12.4. The zero-order chi connectivity index (χ0) is 20.8. The van der Waals surface area contributed by atoms with E-state index in [0.29, 0.717) is 11.7 Å². The van der Waals surface area contributed by atoms with Crippen LogP contribution in [0.3, 0.4) is 0 Å². The van der Waals surface area contributed by atoms with Crippen LogP contribution in [0.4, 0.5) is 0 Å². The zero-order valence-electron chi connectivity index (χ0n) is 16.7. The first-order chi connectivity index (χ1) is 14.7. The smallest absolute Gasteiger partial charge is 0.230 e. The molecule has 1 N–H and O–H groups in total. The molecule has 4 rings (SSSR count). The molecule has 1 heterocycles. The van der Waals surface area contributed by atoms with Crippen molar-refractivity contribution >= 4 is 17.7 Å². The molecule has 0 fully saturated rings. The van der Waals surface area contributed by atoms with E-state index in [1.807, 2.05) is 96.4 Å². The van der Waals surface area contributed by atoms with Crippen LogP contribution in [-0.2, 0) is 11.3 Å². The quantitative estimate of drug-likeness (QED) is 0.447. The van der Waals surface area contributed by atoms with Crippen LogP contribution in [0.2, 0.25) is 0 Å². The molecule has 0 aliphatic rings. The van der Waals surface area contributed by atoms with Gasteiger partial charge in [-0.1, -0.05) is 90.1 Å². The van der Waals surface area contributed by atoms with E-state index in [-0.39, 0.29) is 11.7 Å². The van der Waals surface area contributed by atoms with Crippen molar-refractivity contribution < 1.29 is 4.79 Å². The van der Waals surface area contributed by atoms with E-state index in [1.165, 1.54) is 17.3 Å². The molecule has 0 spiro atoms. The molecule has 0 radical (unpaired) electrons. The third-order valence-corrected chi connectivity index (χ3v) is 5.55. The third-order valence-electron chi connectivity index (χ3n) is 4.62. The van der Waals surface area contributed by atoms with Gasteiger partial charge < -0.3 is 5.32 Å². The number of carbonyl (C=O) groups is 1. The van der Waals surface area contributed by atoms with E-state index in [1.54, 1.807) is 0 Å². The summed E-state index contributed by atoms with van der Waals surface area (Å²) in [7, 11) is 0. The molecule has 0 atom stereocenters. The number of nitrogens with one attached hydrogen (secondary N) is 1. The van der Waals surface area contributed by atoms with Crippen LogP contribution in [0, 0.1) is 6.92 Å². The molecule has 0 aliphatic heterocycles. The van der Waals surface area contributed by atoms with Crippen LogP contribution in [-0.4, -0.2) is 26.4 Å². The lowest BCUT2D eigenvalue weighted by Gasteiger charge is -2.10. The van der Waals surface area contributed by atoms with Gasteiger partial charge in [-0.05, 0) is 24.6 Å². The number of nitrogens with zero attached hydrogens (tertiary/aromatic N) is 3. The Balaban J connectivity index is 1.49. The second kappa shape index (κ2) is 9.41. The van der Waals surface area contributed by atoms with Crippen LogP contribution in [0.5, 0.6) is 0 Å². The monoisotopic (exact) mass is 414 g/mol. The molecule has 1 amide bonds. The Bertz CT molecular complexity index is 1110. The predicted octanol–water partition coefficient (Wildman–Crippen LogP) is 4.65. The summed E-state index contributed by atoms with van der Waals surface area (Å²) in [5.41, 5.74) is 4.22. The molecule has 6 heteroatoms. The van der Waals surface area contributed by atoms with Crippen LogP contribution in [0.25, 0.3) is 17.1 Å². The maximum atomic E-state index is 12.4. The standard InChI is InChI=1S/C24H22N4OS/c1-18-12-14-19(15-13-18)16-25-22(29)17-30-24-27-26-23(20-8-4-2-5-9-20)28(24)21-10-6-3-7-11-21/h2-15H,16-17H2,1H3,(H,25,29). The van der Waals surface area contributed by atoms with Crippen LogP contribution < -0.4 is 5.32 Å². The number of aromatic nitrogens is 3. The topological polar surface area (TPSA) is 59.8 Å². The molecule has 150 valence electrons. The summed E-state index contributed by atoms with van der Waals surface area (Å²) in [4.78, 5) is 12.4. The Morgan fingerprint density at radius 1 is 0.900 bits per heavy atom. The maximum absolute atomic E-state index is 12.4. The molecule has 4 aromatic rings. The number of hydrogen-bond donors (Lipinski definition) is 1. The molecule has 0 saturated carbocycles. The van der Waals surface area contributed by atoms with E-state index in [9.17, 15) is 4.79 Å². The number of thioether (sulfide) groups is 1. The highest BCUT2D eigenvalue weighted by Gasteiger charge is 2.17. The van der Waals surface area contributed by atoms with Crippen molar-refractivity contribution in [3.8, 4) is 17.1 Å². The van der Waals surface area contributed by atoms with Crippen molar-refractivity contribution in [2.75, 3.05) is 5.75 Å². The largest absolute Gasteiger partial charge is 0.351 e.